The predicted molar refractivity (Wildman–Crippen MR) is 95.8 cm³/mol. The third kappa shape index (κ3) is 4.17. The molecule has 26 heavy (non-hydrogen) atoms. The van der Waals surface area contributed by atoms with Crippen molar-refractivity contribution in [1.29, 1.82) is 0 Å². The Morgan fingerprint density at radius 1 is 0.846 bits per heavy atom. The summed E-state index contributed by atoms with van der Waals surface area (Å²) >= 11 is 0. The molecule has 0 aromatic heterocycles. The van der Waals surface area contributed by atoms with E-state index in [4.69, 9.17) is 0 Å². The van der Waals surface area contributed by atoms with Gasteiger partial charge in [0.2, 0.25) is 0 Å². The van der Waals surface area contributed by atoms with Crippen molar-refractivity contribution < 1.29 is 17.6 Å². The number of benzene rings is 2. The van der Waals surface area contributed by atoms with Crippen LogP contribution in [0.1, 0.15) is 55.2 Å². The number of rotatable bonds is 4. The molecule has 2 aromatic rings. The second-order valence-electron chi connectivity index (χ2n) is 6.97. The Labute approximate surface area is 151 Å². The number of hydrogen-bond acceptors (Lipinski definition) is 0. The van der Waals surface area contributed by atoms with E-state index >= 15 is 0 Å². The summed E-state index contributed by atoms with van der Waals surface area (Å²) < 4.78 is 54.5. The van der Waals surface area contributed by atoms with Gasteiger partial charge in [0.1, 0.15) is 11.6 Å². The van der Waals surface area contributed by atoms with Gasteiger partial charge in [-0.1, -0.05) is 25.1 Å². The minimum absolute atomic E-state index is 0.00456. The van der Waals surface area contributed by atoms with E-state index in [0.29, 0.717) is 12.0 Å². The Morgan fingerprint density at radius 3 is 2.08 bits per heavy atom. The fourth-order valence-corrected chi connectivity index (χ4v) is 3.64. The summed E-state index contributed by atoms with van der Waals surface area (Å²) in [4.78, 5) is 0. The molecule has 0 aliphatic heterocycles. The van der Waals surface area contributed by atoms with Crippen molar-refractivity contribution in [1.82, 2.24) is 0 Å². The summed E-state index contributed by atoms with van der Waals surface area (Å²) in [6.07, 6.45) is 7.40. The largest absolute Gasteiger partial charge is 0.206 e. The third-order valence-electron chi connectivity index (χ3n) is 5.27. The normalized spacial score (nSPS) is 20.7. The minimum atomic E-state index is -0.830. The van der Waals surface area contributed by atoms with Crippen molar-refractivity contribution in [3.8, 4) is 0 Å². The zero-order valence-electron chi connectivity index (χ0n) is 14.7. The SMILES string of the molecule is CCc1cc(F)c(C=CC2CCC(c3ccc(F)c(F)c3)CC2)c(F)c1. The topological polar surface area (TPSA) is 0 Å². The van der Waals surface area contributed by atoms with Crippen molar-refractivity contribution in [2.45, 2.75) is 44.9 Å². The van der Waals surface area contributed by atoms with Crippen molar-refractivity contribution in [3.63, 3.8) is 0 Å². The molecule has 0 spiro atoms. The standard InChI is InChI=1S/C22H22F4/c1-2-14-11-20(24)18(21(25)12-14)9-5-15-3-6-16(7-4-15)17-8-10-19(23)22(26)13-17/h5,8-13,15-16H,2-4,6-7H2,1H3. The summed E-state index contributed by atoms with van der Waals surface area (Å²) in [5.41, 5.74) is 1.47. The quantitative estimate of drug-likeness (QED) is 0.525. The molecule has 2 aromatic carbocycles. The first-order chi connectivity index (χ1) is 12.5. The molecule has 138 valence electrons. The Kier molecular flexibility index (Phi) is 5.80. The third-order valence-corrected chi connectivity index (χ3v) is 5.27. The molecule has 1 fully saturated rings. The Balaban J connectivity index is 1.64. The smallest absolute Gasteiger partial charge is 0.159 e. The van der Waals surface area contributed by atoms with Crippen LogP contribution in [0, 0.1) is 29.2 Å². The maximum Gasteiger partial charge on any atom is 0.159 e. The summed E-state index contributed by atoms with van der Waals surface area (Å²) in [5.74, 6) is -2.27. The predicted octanol–water partition coefficient (Wildman–Crippen LogP) is 6.79. The van der Waals surface area contributed by atoms with Crippen LogP contribution in [-0.2, 0) is 6.42 Å². The van der Waals surface area contributed by atoms with Gasteiger partial charge >= 0.3 is 0 Å². The van der Waals surface area contributed by atoms with Crippen LogP contribution in [0.3, 0.4) is 0 Å². The van der Waals surface area contributed by atoms with E-state index in [0.717, 1.165) is 31.2 Å². The maximum absolute atomic E-state index is 14.0. The molecule has 1 aliphatic rings. The lowest BCUT2D eigenvalue weighted by atomic mass is 9.78. The maximum atomic E-state index is 14.0. The van der Waals surface area contributed by atoms with Crippen molar-refractivity contribution in [2.75, 3.05) is 0 Å². The molecule has 0 N–H and O–H groups in total. The monoisotopic (exact) mass is 362 g/mol. The van der Waals surface area contributed by atoms with Crippen LogP contribution in [0.4, 0.5) is 17.6 Å². The lowest BCUT2D eigenvalue weighted by molar-refractivity contribution is 0.375. The van der Waals surface area contributed by atoms with Crippen LogP contribution in [-0.4, -0.2) is 0 Å². The molecule has 0 nitrogen and oxygen atoms in total. The van der Waals surface area contributed by atoms with Gasteiger partial charge in [0.05, 0.1) is 0 Å². The van der Waals surface area contributed by atoms with E-state index in [1.54, 1.807) is 6.07 Å². The molecule has 4 heteroatoms. The minimum Gasteiger partial charge on any atom is -0.206 e. The number of allylic oxidation sites excluding steroid dienone is 1. The summed E-state index contributed by atoms with van der Waals surface area (Å²) in [5, 5.41) is 0. The van der Waals surface area contributed by atoms with Crippen LogP contribution < -0.4 is 0 Å². The first kappa shape index (κ1) is 18.7. The van der Waals surface area contributed by atoms with Crippen molar-refractivity contribution in [3.05, 3.63) is 76.4 Å². The van der Waals surface area contributed by atoms with Crippen molar-refractivity contribution >= 4 is 6.08 Å². The van der Waals surface area contributed by atoms with Gasteiger partial charge in [-0.2, -0.15) is 0 Å². The van der Waals surface area contributed by atoms with Crippen LogP contribution in [0.25, 0.3) is 6.08 Å². The molecule has 1 saturated carbocycles. The van der Waals surface area contributed by atoms with Crippen LogP contribution in [0.5, 0.6) is 0 Å². The van der Waals surface area contributed by atoms with E-state index in [1.807, 2.05) is 13.0 Å². The highest BCUT2D eigenvalue weighted by Crippen LogP contribution is 2.37. The highest BCUT2D eigenvalue weighted by Gasteiger charge is 2.22. The highest BCUT2D eigenvalue weighted by molar-refractivity contribution is 5.52. The molecule has 3 rings (SSSR count). The van der Waals surface area contributed by atoms with E-state index in [2.05, 4.69) is 0 Å². The zero-order chi connectivity index (χ0) is 18.7. The Bertz CT molecular complexity index is 779. The first-order valence-corrected chi connectivity index (χ1v) is 9.09. The van der Waals surface area contributed by atoms with Crippen molar-refractivity contribution in [2.24, 2.45) is 5.92 Å². The molecule has 1 aliphatic carbocycles. The highest BCUT2D eigenvalue weighted by atomic mass is 19.2. The summed E-state index contributed by atoms with van der Waals surface area (Å²) in [7, 11) is 0. The van der Waals surface area contributed by atoms with Gasteiger partial charge in [-0.15, -0.1) is 0 Å². The summed E-state index contributed by atoms with van der Waals surface area (Å²) in [6, 6.07) is 6.84. The van der Waals surface area contributed by atoms with Gasteiger partial charge in [0.15, 0.2) is 11.6 Å². The summed E-state index contributed by atoms with van der Waals surface area (Å²) in [6.45, 7) is 1.86. The van der Waals surface area contributed by atoms with E-state index in [9.17, 15) is 17.6 Å². The Hall–Kier alpha value is -2.10. The fraction of sp³-hybridized carbons (Fsp3) is 0.364. The molecule has 0 atom stereocenters. The van der Waals surface area contributed by atoms with E-state index in [-0.39, 0.29) is 17.4 Å². The fourth-order valence-electron chi connectivity index (χ4n) is 3.64. The van der Waals surface area contributed by atoms with E-state index < -0.39 is 23.3 Å². The molecule has 0 heterocycles. The average Bonchev–Trinajstić information content (AvgIpc) is 2.63. The van der Waals surface area contributed by atoms with Gasteiger partial charge in [0.25, 0.3) is 0 Å². The molecule has 0 unspecified atom stereocenters. The molecular weight excluding hydrogens is 340 g/mol. The van der Waals surface area contributed by atoms with E-state index in [1.165, 1.54) is 30.3 Å². The second kappa shape index (κ2) is 8.07. The van der Waals surface area contributed by atoms with Crippen LogP contribution in [0.2, 0.25) is 0 Å². The van der Waals surface area contributed by atoms with Crippen LogP contribution in [0.15, 0.2) is 36.4 Å². The van der Waals surface area contributed by atoms with Gasteiger partial charge in [0, 0.05) is 5.56 Å². The van der Waals surface area contributed by atoms with Gasteiger partial charge in [-0.3, -0.25) is 0 Å². The molecule has 0 amide bonds. The Morgan fingerprint density at radius 2 is 1.50 bits per heavy atom. The first-order valence-electron chi connectivity index (χ1n) is 9.09. The number of hydrogen-bond donors (Lipinski definition) is 0. The zero-order valence-corrected chi connectivity index (χ0v) is 14.7. The lowest BCUT2D eigenvalue weighted by Crippen LogP contribution is -2.12. The molecule has 0 saturated heterocycles. The van der Waals surface area contributed by atoms with Crippen LogP contribution >= 0.6 is 0 Å². The van der Waals surface area contributed by atoms with Gasteiger partial charge < -0.3 is 0 Å². The molecular formula is C22H22F4. The molecule has 0 bridgehead atoms. The average molecular weight is 362 g/mol. The molecule has 0 radical (unpaired) electrons. The van der Waals surface area contributed by atoms with Gasteiger partial charge in [-0.05, 0) is 79.3 Å². The van der Waals surface area contributed by atoms with Gasteiger partial charge in [-0.25, -0.2) is 17.6 Å². The number of aryl methyl sites for hydroxylation is 1. The lowest BCUT2D eigenvalue weighted by Gasteiger charge is -2.27. The second-order valence-corrected chi connectivity index (χ2v) is 6.97. The number of halogens is 4.